The van der Waals surface area contributed by atoms with Crippen LogP contribution in [0.5, 0.6) is 0 Å². The van der Waals surface area contributed by atoms with E-state index in [1.165, 1.54) is 161 Å². The van der Waals surface area contributed by atoms with Crippen LogP contribution in [0.4, 0.5) is 0 Å². The minimum atomic E-state index is -1.55. The van der Waals surface area contributed by atoms with Crippen LogP contribution in [0.1, 0.15) is 239 Å². The van der Waals surface area contributed by atoms with E-state index in [0.717, 1.165) is 51.4 Å². The molecule has 1 saturated heterocycles. The number of hydrogen-bond donors (Lipinski definition) is 6. The van der Waals surface area contributed by atoms with E-state index in [4.69, 9.17) is 9.47 Å². The first kappa shape index (κ1) is 53.2. The monoisotopic (exact) mass is 800 g/mol. The number of aliphatic hydroxyl groups is 5. The van der Waals surface area contributed by atoms with Crippen LogP contribution in [0.25, 0.3) is 0 Å². The van der Waals surface area contributed by atoms with Crippen molar-refractivity contribution in [1.29, 1.82) is 0 Å². The lowest BCUT2D eigenvalue weighted by atomic mass is 9.99. The second-order valence-corrected chi connectivity index (χ2v) is 17.3. The van der Waals surface area contributed by atoms with Crippen molar-refractivity contribution in [2.45, 2.75) is 281 Å². The van der Waals surface area contributed by atoms with E-state index in [2.05, 4.69) is 19.2 Å². The molecule has 0 saturated carbocycles. The average Bonchev–Trinajstić information content (AvgIpc) is 3.20. The summed E-state index contributed by atoms with van der Waals surface area (Å²) >= 11 is 0. The van der Waals surface area contributed by atoms with Gasteiger partial charge in [0.05, 0.1) is 25.4 Å². The Morgan fingerprint density at radius 3 is 1.27 bits per heavy atom. The first-order valence-corrected chi connectivity index (χ1v) is 24.2. The highest BCUT2D eigenvalue weighted by atomic mass is 16.7. The molecule has 1 aliphatic rings. The molecule has 1 fully saturated rings. The average molecular weight is 800 g/mol. The number of aliphatic hydroxyl groups excluding tert-OH is 5. The second-order valence-electron chi connectivity index (χ2n) is 17.3. The Bertz CT molecular complexity index is 847. The number of nitrogens with one attached hydrogen (secondary N) is 1. The summed E-state index contributed by atoms with van der Waals surface area (Å²) in [7, 11) is 0. The fraction of sp³-hybridized carbons (Fsp3) is 0.979. The van der Waals surface area contributed by atoms with Gasteiger partial charge in [0, 0.05) is 6.42 Å². The van der Waals surface area contributed by atoms with Crippen LogP contribution in [0.3, 0.4) is 0 Å². The molecule has 0 radical (unpaired) electrons. The zero-order valence-electron chi connectivity index (χ0n) is 36.7. The number of carbonyl (C=O) groups excluding carboxylic acids is 1. The van der Waals surface area contributed by atoms with Gasteiger partial charge in [0.2, 0.25) is 5.91 Å². The van der Waals surface area contributed by atoms with Crippen LogP contribution in [0.15, 0.2) is 0 Å². The van der Waals surface area contributed by atoms with Crippen molar-refractivity contribution in [3.8, 4) is 0 Å². The molecule has 6 N–H and O–H groups in total. The van der Waals surface area contributed by atoms with Gasteiger partial charge in [-0.2, -0.15) is 0 Å². The maximum Gasteiger partial charge on any atom is 0.220 e. The summed E-state index contributed by atoms with van der Waals surface area (Å²) in [6.07, 6.45) is 36.2. The minimum absolute atomic E-state index is 0.134. The summed E-state index contributed by atoms with van der Waals surface area (Å²) in [5.41, 5.74) is 0. The van der Waals surface area contributed by atoms with E-state index in [0.29, 0.717) is 12.8 Å². The van der Waals surface area contributed by atoms with Crippen molar-refractivity contribution >= 4 is 5.91 Å². The molecule has 1 heterocycles. The van der Waals surface area contributed by atoms with E-state index in [1.807, 2.05) is 0 Å². The number of ether oxygens (including phenoxy) is 2. The molecule has 9 heteroatoms. The van der Waals surface area contributed by atoms with Gasteiger partial charge in [-0.3, -0.25) is 4.79 Å². The summed E-state index contributed by atoms with van der Waals surface area (Å²) in [5, 5.41) is 54.0. The molecule has 334 valence electrons. The topological polar surface area (TPSA) is 149 Å². The molecule has 7 unspecified atom stereocenters. The van der Waals surface area contributed by atoms with Gasteiger partial charge in [-0.15, -0.1) is 0 Å². The standard InChI is InChI=1S/C47H93NO8/c1-3-5-7-9-10-11-12-13-14-15-16-17-18-19-20-21-22-23-24-25-26-27-28-29-30-31-33-34-36-41(50)40(48-43(51)37-35-32-8-6-4-2)39-55-47-46(54)45(53)44(52)42(38-49)56-47/h40-42,44-47,49-50,52-54H,3-39H2,1-2H3,(H,48,51). The van der Waals surface area contributed by atoms with Crippen molar-refractivity contribution in [2.75, 3.05) is 13.2 Å². The van der Waals surface area contributed by atoms with E-state index in [1.54, 1.807) is 0 Å². The van der Waals surface area contributed by atoms with Crippen LogP contribution < -0.4 is 5.32 Å². The van der Waals surface area contributed by atoms with Gasteiger partial charge in [-0.25, -0.2) is 0 Å². The molecule has 9 nitrogen and oxygen atoms in total. The number of rotatable bonds is 41. The lowest BCUT2D eigenvalue weighted by molar-refractivity contribution is -0.302. The quantitative estimate of drug-likeness (QED) is 0.0335. The second kappa shape index (κ2) is 38.4. The lowest BCUT2D eigenvalue weighted by Gasteiger charge is -2.40. The summed E-state index contributed by atoms with van der Waals surface area (Å²) in [6, 6.07) is -0.709. The van der Waals surface area contributed by atoms with Gasteiger partial charge >= 0.3 is 0 Å². The van der Waals surface area contributed by atoms with Crippen LogP contribution in [-0.2, 0) is 14.3 Å². The van der Waals surface area contributed by atoms with Gasteiger partial charge in [0.1, 0.15) is 24.4 Å². The van der Waals surface area contributed by atoms with Gasteiger partial charge in [0.15, 0.2) is 6.29 Å². The first-order chi connectivity index (χ1) is 27.3. The third kappa shape index (κ3) is 28.6. The van der Waals surface area contributed by atoms with Crippen molar-refractivity contribution in [2.24, 2.45) is 0 Å². The first-order valence-electron chi connectivity index (χ1n) is 24.2. The molecule has 0 aromatic heterocycles. The molecule has 0 spiro atoms. The Kier molecular flexibility index (Phi) is 36.5. The Labute approximate surface area is 344 Å². The van der Waals surface area contributed by atoms with E-state index >= 15 is 0 Å². The SMILES string of the molecule is CCCCCCCCCCCCCCCCCCCCCCCCCCCCCCC(O)C(COC1OC(CO)C(O)C(O)C1O)NC(=O)CCCCCCC. The largest absolute Gasteiger partial charge is 0.394 e. The smallest absolute Gasteiger partial charge is 0.220 e. The highest BCUT2D eigenvalue weighted by molar-refractivity contribution is 5.76. The predicted octanol–water partition coefficient (Wildman–Crippen LogP) is 10.3. The molecule has 0 aromatic carbocycles. The predicted molar refractivity (Wildman–Crippen MR) is 231 cm³/mol. The summed E-state index contributed by atoms with van der Waals surface area (Å²) in [6.45, 7) is 3.76. The molecule has 56 heavy (non-hydrogen) atoms. The van der Waals surface area contributed by atoms with Gasteiger partial charge in [-0.05, 0) is 12.8 Å². The van der Waals surface area contributed by atoms with E-state index < -0.39 is 49.5 Å². The molecule has 1 amide bonds. The minimum Gasteiger partial charge on any atom is -0.394 e. The van der Waals surface area contributed by atoms with Crippen LogP contribution in [0, 0.1) is 0 Å². The molecule has 0 bridgehead atoms. The van der Waals surface area contributed by atoms with Crippen molar-refractivity contribution in [1.82, 2.24) is 5.32 Å². The number of carbonyl (C=O) groups is 1. The zero-order valence-corrected chi connectivity index (χ0v) is 36.7. The molecular formula is C47H93NO8. The number of hydrogen-bond acceptors (Lipinski definition) is 8. The Morgan fingerprint density at radius 1 is 0.536 bits per heavy atom. The molecule has 1 aliphatic heterocycles. The molecular weight excluding hydrogens is 707 g/mol. The van der Waals surface area contributed by atoms with Crippen molar-refractivity contribution in [3.05, 3.63) is 0 Å². The summed E-state index contributed by atoms with van der Waals surface area (Å²) < 4.78 is 11.2. The molecule has 0 aromatic rings. The highest BCUT2D eigenvalue weighted by Gasteiger charge is 2.44. The Hall–Kier alpha value is -0.810. The fourth-order valence-corrected chi connectivity index (χ4v) is 8.04. The lowest BCUT2D eigenvalue weighted by Crippen LogP contribution is -2.60. The molecule has 7 atom stereocenters. The zero-order chi connectivity index (χ0) is 40.9. The Morgan fingerprint density at radius 2 is 0.893 bits per heavy atom. The number of unbranched alkanes of at least 4 members (excludes halogenated alkanes) is 31. The highest BCUT2D eigenvalue weighted by Crippen LogP contribution is 2.23. The number of amides is 1. The summed E-state index contributed by atoms with van der Waals surface area (Å²) in [4.78, 5) is 12.7. The van der Waals surface area contributed by atoms with Crippen LogP contribution in [0.2, 0.25) is 0 Å². The third-order valence-electron chi connectivity index (χ3n) is 12.0. The molecule has 0 aliphatic carbocycles. The summed E-state index contributed by atoms with van der Waals surface area (Å²) in [5.74, 6) is -0.154. The normalized spacial score (nSPS) is 21.0. The maximum atomic E-state index is 12.7. The molecule has 1 rings (SSSR count). The van der Waals surface area contributed by atoms with Crippen LogP contribution >= 0.6 is 0 Å². The van der Waals surface area contributed by atoms with E-state index in [9.17, 15) is 30.3 Å². The van der Waals surface area contributed by atoms with Crippen molar-refractivity contribution < 1.29 is 39.8 Å². The Balaban J connectivity index is 2.06. The van der Waals surface area contributed by atoms with Crippen LogP contribution in [-0.4, -0.2) is 87.5 Å². The fourth-order valence-electron chi connectivity index (χ4n) is 8.04. The van der Waals surface area contributed by atoms with E-state index in [-0.39, 0.29) is 12.5 Å². The maximum absolute atomic E-state index is 12.7. The third-order valence-corrected chi connectivity index (χ3v) is 12.0. The van der Waals surface area contributed by atoms with Gasteiger partial charge < -0.3 is 40.3 Å². The van der Waals surface area contributed by atoms with Gasteiger partial charge in [0.25, 0.3) is 0 Å². The van der Waals surface area contributed by atoms with Gasteiger partial charge in [-0.1, -0.05) is 219 Å². The van der Waals surface area contributed by atoms with Crippen molar-refractivity contribution in [3.63, 3.8) is 0 Å².